The van der Waals surface area contributed by atoms with E-state index in [0.29, 0.717) is 30.5 Å². The summed E-state index contributed by atoms with van der Waals surface area (Å²) in [5.41, 5.74) is 1.20. The normalized spacial score (nSPS) is 25.9. The van der Waals surface area contributed by atoms with Crippen LogP contribution < -0.4 is 0 Å². The molecule has 2 aliphatic heterocycles. The lowest BCUT2D eigenvalue weighted by molar-refractivity contribution is -0.136. The van der Waals surface area contributed by atoms with Gasteiger partial charge < -0.3 is 4.90 Å². The number of amides is 1. The van der Waals surface area contributed by atoms with Gasteiger partial charge in [0.15, 0.2) is 0 Å². The maximum absolute atomic E-state index is 12.8. The van der Waals surface area contributed by atoms with Crippen molar-refractivity contribution in [1.29, 1.82) is 0 Å². The maximum Gasteiger partial charge on any atom is 0.223 e. The van der Waals surface area contributed by atoms with Gasteiger partial charge in [-0.2, -0.15) is 15.0 Å². The second-order valence-electron chi connectivity index (χ2n) is 6.75. The summed E-state index contributed by atoms with van der Waals surface area (Å²) in [5.74, 6) is 0.296. The molecule has 4 rings (SSSR count). The Balaban J connectivity index is 1.40. The van der Waals surface area contributed by atoms with Crippen LogP contribution in [0.2, 0.25) is 0 Å². The summed E-state index contributed by atoms with van der Waals surface area (Å²) in [4.78, 5) is 16.8. The van der Waals surface area contributed by atoms with Crippen molar-refractivity contribution in [3.8, 4) is 0 Å². The van der Waals surface area contributed by atoms with E-state index in [-0.39, 0.29) is 0 Å². The molecule has 1 amide bonds. The zero-order valence-corrected chi connectivity index (χ0v) is 15.1. The molecule has 3 heterocycles. The third-order valence-corrected chi connectivity index (χ3v) is 6.10. The Hall–Kier alpha value is -1.69. The van der Waals surface area contributed by atoms with Crippen LogP contribution in [0.4, 0.5) is 0 Å². The Kier molecular flexibility index (Phi) is 4.39. The number of hydrogen-bond donors (Lipinski definition) is 0. The van der Waals surface area contributed by atoms with E-state index in [9.17, 15) is 4.79 Å². The molecule has 0 radical (unpaired) electrons. The monoisotopic (exact) mass is 388 g/mol. The summed E-state index contributed by atoms with van der Waals surface area (Å²) in [6.07, 6.45) is 9.03. The minimum absolute atomic E-state index is 0.296. The second-order valence-corrected chi connectivity index (χ2v) is 7.61. The molecule has 2 saturated heterocycles. The smallest absolute Gasteiger partial charge is 0.223 e. The van der Waals surface area contributed by atoms with Crippen LogP contribution in [0, 0.1) is 0 Å². The van der Waals surface area contributed by atoms with Crippen molar-refractivity contribution in [3.63, 3.8) is 0 Å². The van der Waals surface area contributed by atoms with Crippen LogP contribution in [-0.4, -0.2) is 37.9 Å². The fourth-order valence-corrected chi connectivity index (χ4v) is 4.71. The molecule has 0 spiro atoms. The van der Waals surface area contributed by atoms with E-state index >= 15 is 0 Å². The third-order valence-electron chi connectivity index (χ3n) is 5.33. The maximum atomic E-state index is 12.8. The van der Waals surface area contributed by atoms with E-state index in [2.05, 4.69) is 37.1 Å². The summed E-state index contributed by atoms with van der Waals surface area (Å²) in [7, 11) is 0. The Morgan fingerprint density at radius 1 is 1.08 bits per heavy atom. The number of nitrogens with zero attached hydrogens (tertiary/aromatic N) is 4. The molecule has 24 heavy (non-hydrogen) atoms. The number of fused-ring (bicyclic) bond motifs is 2. The van der Waals surface area contributed by atoms with E-state index in [1.54, 1.807) is 12.4 Å². The Morgan fingerprint density at radius 3 is 2.42 bits per heavy atom. The molecule has 2 fully saturated rings. The molecule has 126 valence electrons. The van der Waals surface area contributed by atoms with E-state index in [4.69, 9.17) is 0 Å². The van der Waals surface area contributed by atoms with Crippen molar-refractivity contribution in [2.75, 3.05) is 0 Å². The number of hydrogen-bond acceptors (Lipinski definition) is 3. The van der Waals surface area contributed by atoms with Crippen molar-refractivity contribution in [3.05, 3.63) is 46.7 Å². The Bertz CT molecular complexity index is 704. The third kappa shape index (κ3) is 2.99. The van der Waals surface area contributed by atoms with Crippen LogP contribution in [0.3, 0.4) is 0 Å². The van der Waals surface area contributed by atoms with Crippen molar-refractivity contribution >= 4 is 21.8 Å². The average Bonchev–Trinajstić information content (AvgIpc) is 3.21. The largest absolute Gasteiger partial charge is 0.337 e. The lowest BCUT2D eigenvalue weighted by atomic mass is 9.97. The lowest BCUT2D eigenvalue weighted by Crippen LogP contribution is -2.47. The predicted molar refractivity (Wildman–Crippen MR) is 94.4 cm³/mol. The number of aryl methyl sites for hydroxylation is 1. The number of benzene rings is 1. The highest BCUT2D eigenvalue weighted by Gasteiger charge is 2.43. The van der Waals surface area contributed by atoms with Gasteiger partial charge in [-0.15, -0.1) is 0 Å². The highest BCUT2D eigenvalue weighted by atomic mass is 79.9. The molecule has 0 N–H and O–H groups in total. The molecule has 1 aromatic heterocycles. The van der Waals surface area contributed by atoms with Gasteiger partial charge in [0.25, 0.3) is 0 Å². The fourth-order valence-electron chi connectivity index (χ4n) is 4.23. The van der Waals surface area contributed by atoms with Crippen LogP contribution in [0.25, 0.3) is 0 Å². The number of rotatable bonds is 4. The van der Waals surface area contributed by atoms with E-state index in [1.807, 2.05) is 23.0 Å². The van der Waals surface area contributed by atoms with Crippen LogP contribution in [0.1, 0.15) is 43.7 Å². The van der Waals surface area contributed by atoms with Crippen LogP contribution in [0.5, 0.6) is 0 Å². The number of aromatic nitrogens is 3. The van der Waals surface area contributed by atoms with Crippen LogP contribution >= 0.6 is 15.9 Å². The Morgan fingerprint density at radius 2 is 1.75 bits per heavy atom. The lowest BCUT2D eigenvalue weighted by Gasteiger charge is -2.38. The van der Waals surface area contributed by atoms with Crippen molar-refractivity contribution < 1.29 is 4.79 Å². The number of halogens is 1. The fraction of sp³-hybridized carbons (Fsp3) is 0.500. The van der Waals surface area contributed by atoms with Gasteiger partial charge in [0.05, 0.1) is 18.4 Å². The summed E-state index contributed by atoms with van der Waals surface area (Å²) < 4.78 is 1.09. The first-order chi connectivity index (χ1) is 11.7. The number of carbonyl (C=O) groups excluding carboxylic acids is 1. The van der Waals surface area contributed by atoms with Crippen LogP contribution in [0.15, 0.2) is 41.1 Å². The summed E-state index contributed by atoms with van der Waals surface area (Å²) >= 11 is 3.57. The van der Waals surface area contributed by atoms with Crippen molar-refractivity contribution in [2.24, 2.45) is 0 Å². The van der Waals surface area contributed by atoms with Gasteiger partial charge in [-0.25, -0.2) is 0 Å². The van der Waals surface area contributed by atoms with Crippen molar-refractivity contribution in [1.82, 2.24) is 19.9 Å². The SMILES string of the molecule is O=C(CCc1ccccc1Br)N1C2CCC1CC(n1nccn1)C2. The first-order valence-corrected chi connectivity index (χ1v) is 9.42. The molecule has 2 atom stereocenters. The highest BCUT2D eigenvalue weighted by Crippen LogP contribution is 2.40. The minimum atomic E-state index is 0.296. The number of piperidine rings is 1. The zero-order chi connectivity index (χ0) is 16.5. The quantitative estimate of drug-likeness (QED) is 0.806. The average molecular weight is 389 g/mol. The topological polar surface area (TPSA) is 51.0 Å². The molecule has 5 nitrogen and oxygen atoms in total. The molecule has 2 bridgehead atoms. The van der Waals surface area contributed by atoms with E-state index in [1.165, 1.54) is 5.56 Å². The first kappa shape index (κ1) is 15.8. The molecular weight excluding hydrogens is 368 g/mol. The van der Waals surface area contributed by atoms with E-state index in [0.717, 1.165) is 36.6 Å². The zero-order valence-electron chi connectivity index (χ0n) is 13.5. The minimum Gasteiger partial charge on any atom is -0.337 e. The van der Waals surface area contributed by atoms with Crippen LogP contribution in [-0.2, 0) is 11.2 Å². The molecule has 1 aromatic carbocycles. The van der Waals surface area contributed by atoms with Gasteiger partial charge in [0, 0.05) is 23.0 Å². The molecular formula is C18H21BrN4O. The van der Waals surface area contributed by atoms with Gasteiger partial charge in [-0.3, -0.25) is 4.79 Å². The van der Waals surface area contributed by atoms with Gasteiger partial charge in [-0.05, 0) is 43.7 Å². The summed E-state index contributed by atoms with van der Waals surface area (Å²) in [5, 5.41) is 8.58. The standard InChI is InChI=1S/C18H21BrN4O/c19-17-4-2-1-3-13(17)5-8-18(24)22-14-6-7-15(22)12-16(11-14)23-20-9-10-21-23/h1-4,9-10,14-16H,5-8,11-12H2. The molecule has 0 aliphatic carbocycles. The molecule has 2 aromatic rings. The summed E-state index contributed by atoms with van der Waals surface area (Å²) in [6, 6.07) is 9.19. The molecule has 2 unspecified atom stereocenters. The van der Waals surface area contributed by atoms with E-state index < -0.39 is 0 Å². The highest BCUT2D eigenvalue weighted by molar-refractivity contribution is 9.10. The Labute approximate surface area is 150 Å². The van der Waals surface area contributed by atoms with Crippen molar-refractivity contribution in [2.45, 2.75) is 56.7 Å². The summed E-state index contributed by atoms with van der Waals surface area (Å²) in [6.45, 7) is 0. The number of carbonyl (C=O) groups is 1. The first-order valence-electron chi connectivity index (χ1n) is 8.62. The van der Waals surface area contributed by atoms with Gasteiger partial charge in [0.1, 0.15) is 0 Å². The molecule has 6 heteroatoms. The molecule has 0 saturated carbocycles. The molecule has 2 aliphatic rings. The van der Waals surface area contributed by atoms with Gasteiger partial charge in [0.2, 0.25) is 5.91 Å². The van der Waals surface area contributed by atoms with Gasteiger partial charge in [-0.1, -0.05) is 34.1 Å². The predicted octanol–water partition coefficient (Wildman–Crippen LogP) is 3.37. The van der Waals surface area contributed by atoms with Gasteiger partial charge >= 0.3 is 0 Å². The second kappa shape index (κ2) is 6.67.